The number of hydrogen-bond donors (Lipinski definition) is 3. The topological polar surface area (TPSA) is 79.2 Å². The second-order valence-corrected chi connectivity index (χ2v) is 7.11. The Morgan fingerprint density at radius 1 is 1.35 bits per heavy atom. The Morgan fingerprint density at radius 2 is 2.08 bits per heavy atom. The summed E-state index contributed by atoms with van der Waals surface area (Å²) in [7, 11) is 1.80. The Bertz CT molecular complexity index is 775. The largest absolute Gasteiger partial charge is 0.389 e. The number of rotatable bonds is 4. The molecule has 26 heavy (non-hydrogen) atoms. The fourth-order valence-electron chi connectivity index (χ4n) is 3.70. The molecule has 1 aromatic carbocycles. The maximum atomic E-state index is 13.0. The van der Waals surface area contributed by atoms with Gasteiger partial charge in [-0.2, -0.15) is 5.10 Å². The average Bonchev–Trinajstić information content (AvgIpc) is 3.40. The van der Waals surface area contributed by atoms with Gasteiger partial charge in [0.2, 0.25) is 0 Å². The average molecular weight is 377 g/mol. The number of amides is 1. The maximum absolute atomic E-state index is 13.0. The summed E-state index contributed by atoms with van der Waals surface area (Å²) in [5.74, 6) is 0.312. The Labute approximate surface area is 159 Å². The van der Waals surface area contributed by atoms with E-state index in [0.717, 1.165) is 30.6 Å². The summed E-state index contributed by atoms with van der Waals surface area (Å²) < 4.78 is 1.65. The fraction of sp³-hybridized carbons (Fsp3) is 0.474. The molecule has 140 valence electrons. The van der Waals surface area contributed by atoms with Crippen LogP contribution in [0.3, 0.4) is 0 Å². The van der Waals surface area contributed by atoms with Gasteiger partial charge in [0.1, 0.15) is 5.69 Å². The number of piperidine rings is 1. The minimum Gasteiger partial charge on any atom is -0.389 e. The minimum absolute atomic E-state index is 0. The van der Waals surface area contributed by atoms with Crippen LogP contribution in [-0.4, -0.2) is 40.0 Å². The van der Waals surface area contributed by atoms with Gasteiger partial charge in [0.15, 0.2) is 0 Å². The van der Waals surface area contributed by atoms with E-state index >= 15 is 0 Å². The summed E-state index contributed by atoms with van der Waals surface area (Å²) in [5.41, 5.74) is 1.69. The first-order valence-corrected chi connectivity index (χ1v) is 8.91. The molecule has 0 radical (unpaired) electrons. The van der Waals surface area contributed by atoms with Crippen molar-refractivity contribution in [3.63, 3.8) is 0 Å². The van der Waals surface area contributed by atoms with E-state index in [1.807, 2.05) is 36.4 Å². The SMILES string of the molecule is Cl.Cn1nc(C2CC2)cc1C(=O)N[C@]1(c2ccccc2)CCNC[C@H]1O. The second-order valence-electron chi connectivity index (χ2n) is 7.11. The first-order chi connectivity index (χ1) is 12.1. The number of benzene rings is 1. The van der Waals surface area contributed by atoms with E-state index in [1.54, 1.807) is 11.7 Å². The minimum atomic E-state index is -0.784. The Balaban J connectivity index is 0.00000196. The Hall–Kier alpha value is -1.89. The molecule has 1 aliphatic heterocycles. The molecule has 4 rings (SSSR count). The molecule has 1 amide bonds. The van der Waals surface area contributed by atoms with Gasteiger partial charge in [0, 0.05) is 19.5 Å². The number of nitrogens with zero attached hydrogens (tertiary/aromatic N) is 2. The van der Waals surface area contributed by atoms with E-state index in [0.29, 0.717) is 24.6 Å². The lowest BCUT2D eigenvalue weighted by molar-refractivity contribution is 0.0286. The number of nitrogens with one attached hydrogen (secondary N) is 2. The zero-order valence-corrected chi connectivity index (χ0v) is 15.6. The molecule has 2 aromatic rings. The standard InChI is InChI=1S/C19H24N4O2.ClH/c1-23-16(11-15(22-23)13-7-8-13)18(25)21-19(9-10-20-12-17(19)24)14-5-3-2-4-6-14;/h2-6,11,13,17,20,24H,7-10,12H2,1H3,(H,21,25);1H/t17-,19+;/m1./s1. The smallest absolute Gasteiger partial charge is 0.270 e. The first-order valence-electron chi connectivity index (χ1n) is 8.91. The molecule has 0 unspecified atom stereocenters. The van der Waals surface area contributed by atoms with Crippen LogP contribution in [0.4, 0.5) is 0 Å². The third kappa shape index (κ3) is 3.37. The molecule has 1 saturated heterocycles. The molecular weight excluding hydrogens is 352 g/mol. The lowest BCUT2D eigenvalue weighted by Gasteiger charge is -2.42. The van der Waals surface area contributed by atoms with Crippen molar-refractivity contribution in [3.05, 3.63) is 53.3 Å². The summed E-state index contributed by atoms with van der Waals surface area (Å²) in [4.78, 5) is 13.0. The lowest BCUT2D eigenvalue weighted by atomic mass is 9.79. The Kier molecular flexibility index (Phi) is 5.37. The van der Waals surface area contributed by atoms with Gasteiger partial charge in [-0.25, -0.2) is 0 Å². The highest BCUT2D eigenvalue weighted by atomic mass is 35.5. The molecule has 1 saturated carbocycles. The van der Waals surface area contributed by atoms with Crippen molar-refractivity contribution >= 4 is 18.3 Å². The van der Waals surface area contributed by atoms with Crippen molar-refractivity contribution in [2.24, 2.45) is 7.05 Å². The van der Waals surface area contributed by atoms with E-state index < -0.39 is 11.6 Å². The number of aliphatic hydroxyl groups is 1. The molecule has 7 heteroatoms. The molecule has 1 aromatic heterocycles. The van der Waals surface area contributed by atoms with Crippen LogP contribution in [0.2, 0.25) is 0 Å². The highest BCUT2D eigenvalue weighted by Gasteiger charge is 2.43. The van der Waals surface area contributed by atoms with Gasteiger partial charge < -0.3 is 15.7 Å². The molecule has 2 heterocycles. The number of aryl methyl sites for hydroxylation is 1. The third-order valence-corrected chi connectivity index (χ3v) is 5.36. The number of carbonyl (C=O) groups is 1. The van der Waals surface area contributed by atoms with E-state index in [2.05, 4.69) is 15.7 Å². The molecule has 2 aliphatic rings. The molecule has 3 N–H and O–H groups in total. The van der Waals surface area contributed by atoms with Gasteiger partial charge in [0.05, 0.1) is 17.3 Å². The molecule has 6 nitrogen and oxygen atoms in total. The number of aromatic nitrogens is 2. The fourth-order valence-corrected chi connectivity index (χ4v) is 3.70. The van der Waals surface area contributed by atoms with Gasteiger partial charge in [-0.15, -0.1) is 12.4 Å². The predicted octanol–water partition coefficient (Wildman–Crippen LogP) is 1.70. The van der Waals surface area contributed by atoms with Gasteiger partial charge in [-0.05, 0) is 37.4 Å². The van der Waals surface area contributed by atoms with Gasteiger partial charge >= 0.3 is 0 Å². The highest BCUT2D eigenvalue weighted by molar-refractivity contribution is 5.93. The third-order valence-electron chi connectivity index (χ3n) is 5.36. The summed E-state index contributed by atoms with van der Waals surface area (Å²) in [6.45, 7) is 1.19. The molecule has 1 aliphatic carbocycles. The number of halogens is 1. The predicted molar refractivity (Wildman–Crippen MR) is 102 cm³/mol. The number of hydrogen-bond acceptors (Lipinski definition) is 4. The van der Waals surface area contributed by atoms with E-state index in [9.17, 15) is 9.90 Å². The molecular formula is C19H25ClN4O2. The van der Waals surface area contributed by atoms with Crippen molar-refractivity contribution in [1.29, 1.82) is 0 Å². The van der Waals surface area contributed by atoms with Gasteiger partial charge in [-0.3, -0.25) is 9.48 Å². The summed E-state index contributed by atoms with van der Waals surface area (Å²) in [6, 6.07) is 11.6. The van der Waals surface area contributed by atoms with Crippen LogP contribution in [0, 0.1) is 0 Å². The van der Waals surface area contributed by atoms with E-state index in [-0.39, 0.29) is 18.3 Å². The second kappa shape index (κ2) is 7.39. The van der Waals surface area contributed by atoms with Crippen molar-refractivity contribution in [2.45, 2.75) is 36.8 Å². The van der Waals surface area contributed by atoms with Crippen LogP contribution in [0.25, 0.3) is 0 Å². The quantitative estimate of drug-likeness (QED) is 0.758. The first kappa shape index (κ1) is 18.9. The number of β-amino-alcohol motifs (C(OH)–C–C–N with tert-alkyl or cyclic N) is 1. The summed E-state index contributed by atoms with van der Waals surface area (Å²) in [5, 5.41) is 21.6. The summed E-state index contributed by atoms with van der Waals surface area (Å²) >= 11 is 0. The molecule has 0 spiro atoms. The highest BCUT2D eigenvalue weighted by Crippen LogP contribution is 2.39. The maximum Gasteiger partial charge on any atom is 0.270 e. The normalized spacial score (nSPS) is 25.4. The van der Waals surface area contributed by atoms with Crippen LogP contribution in [-0.2, 0) is 12.6 Å². The molecule has 0 bridgehead atoms. The van der Waals surface area contributed by atoms with E-state index in [1.165, 1.54) is 0 Å². The monoisotopic (exact) mass is 376 g/mol. The Morgan fingerprint density at radius 3 is 2.73 bits per heavy atom. The number of carbonyl (C=O) groups excluding carboxylic acids is 1. The summed E-state index contributed by atoms with van der Waals surface area (Å²) in [6.07, 6.45) is 2.24. The van der Waals surface area contributed by atoms with Crippen LogP contribution in [0.5, 0.6) is 0 Å². The molecule has 2 fully saturated rings. The van der Waals surface area contributed by atoms with Crippen molar-refractivity contribution < 1.29 is 9.90 Å². The van der Waals surface area contributed by atoms with Crippen LogP contribution >= 0.6 is 12.4 Å². The number of aliphatic hydroxyl groups excluding tert-OH is 1. The molecule has 2 atom stereocenters. The van der Waals surface area contributed by atoms with Crippen molar-refractivity contribution in [3.8, 4) is 0 Å². The van der Waals surface area contributed by atoms with Crippen molar-refractivity contribution in [1.82, 2.24) is 20.4 Å². The van der Waals surface area contributed by atoms with Gasteiger partial charge in [-0.1, -0.05) is 30.3 Å². The van der Waals surface area contributed by atoms with Gasteiger partial charge in [0.25, 0.3) is 5.91 Å². The van der Waals surface area contributed by atoms with Crippen LogP contribution in [0.15, 0.2) is 36.4 Å². The van der Waals surface area contributed by atoms with Crippen molar-refractivity contribution in [2.75, 3.05) is 13.1 Å². The van der Waals surface area contributed by atoms with Crippen LogP contribution < -0.4 is 10.6 Å². The zero-order chi connectivity index (χ0) is 17.4. The van der Waals surface area contributed by atoms with E-state index in [4.69, 9.17) is 0 Å². The zero-order valence-electron chi connectivity index (χ0n) is 14.8. The van der Waals surface area contributed by atoms with Crippen LogP contribution in [0.1, 0.15) is 46.9 Å². The lowest BCUT2D eigenvalue weighted by Crippen LogP contribution is -2.61.